The maximum atomic E-state index is 13.0. The van der Waals surface area contributed by atoms with Gasteiger partial charge in [0.1, 0.15) is 5.75 Å². The number of anilines is 1. The Morgan fingerprint density at radius 2 is 2.08 bits per heavy atom. The molecule has 0 fully saturated rings. The predicted molar refractivity (Wildman–Crippen MR) is 99.0 cm³/mol. The van der Waals surface area contributed by atoms with E-state index in [0.717, 1.165) is 0 Å². The molecule has 0 bridgehead atoms. The molecule has 1 aromatic heterocycles. The summed E-state index contributed by atoms with van der Waals surface area (Å²) in [7, 11) is 0. The highest BCUT2D eigenvalue weighted by Gasteiger charge is 2.27. The van der Waals surface area contributed by atoms with Crippen molar-refractivity contribution in [3.8, 4) is 5.75 Å². The summed E-state index contributed by atoms with van der Waals surface area (Å²) >= 11 is 0. The fourth-order valence-electron chi connectivity index (χ4n) is 3.14. The van der Waals surface area contributed by atoms with Crippen molar-refractivity contribution in [1.82, 2.24) is 4.57 Å². The van der Waals surface area contributed by atoms with Crippen molar-refractivity contribution >= 4 is 17.4 Å². The SMILES string of the molecule is C=CCN1C(=O)COc2ccc(C(=O)C(C)n3c(C)cccc3=O)cc21. The number of aryl methyl sites for hydroxylation is 1. The summed E-state index contributed by atoms with van der Waals surface area (Å²) in [4.78, 5) is 38.7. The van der Waals surface area contributed by atoms with Crippen LogP contribution in [0.15, 0.2) is 53.8 Å². The van der Waals surface area contributed by atoms with Crippen LogP contribution in [0.5, 0.6) is 5.75 Å². The molecule has 0 aliphatic carbocycles. The summed E-state index contributed by atoms with van der Waals surface area (Å²) in [6.45, 7) is 7.44. The summed E-state index contributed by atoms with van der Waals surface area (Å²) in [5, 5.41) is 0. The summed E-state index contributed by atoms with van der Waals surface area (Å²) < 4.78 is 6.90. The highest BCUT2D eigenvalue weighted by atomic mass is 16.5. The van der Waals surface area contributed by atoms with Gasteiger partial charge in [-0.1, -0.05) is 12.1 Å². The van der Waals surface area contributed by atoms with Crippen molar-refractivity contribution < 1.29 is 14.3 Å². The summed E-state index contributed by atoms with van der Waals surface area (Å²) in [6.07, 6.45) is 1.62. The number of carbonyl (C=O) groups is 2. The first-order valence-electron chi connectivity index (χ1n) is 8.34. The molecular weight excluding hydrogens is 332 g/mol. The number of aromatic nitrogens is 1. The molecule has 6 heteroatoms. The van der Waals surface area contributed by atoms with Crippen LogP contribution in [0, 0.1) is 6.92 Å². The highest BCUT2D eigenvalue weighted by Crippen LogP contribution is 2.33. The molecule has 1 aliphatic heterocycles. The Balaban J connectivity index is 2.00. The van der Waals surface area contributed by atoms with Crippen LogP contribution < -0.4 is 15.2 Å². The number of amides is 1. The van der Waals surface area contributed by atoms with E-state index >= 15 is 0 Å². The second-order valence-electron chi connectivity index (χ2n) is 6.18. The number of pyridine rings is 1. The van der Waals surface area contributed by atoms with Crippen molar-refractivity contribution in [2.45, 2.75) is 19.9 Å². The van der Waals surface area contributed by atoms with E-state index in [2.05, 4.69) is 6.58 Å². The minimum atomic E-state index is -0.658. The number of nitrogens with zero attached hydrogens (tertiary/aromatic N) is 2. The molecule has 26 heavy (non-hydrogen) atoms. The van der Waals surface area contributed by atoms with E-state index in [1.165, 1.54) is 15.5 Å². The van der Waals surface area contributed by atoms with Crippen LogP contribution in [0.1, 0.15) is 29.0 Å². The van der Waals surface area contributed by atoms with E-state index in [4.69, 9.17) is 4.74 Å². The lowest BCUT2D eigenvalue weighted by Gasteiger charge is -2.29. The first kappa shape index (κ1) is 17.7. The number of Topliss-reactive ketones (excluding diaryl/α,β-unsaturated/α-hetero) is 1. The Kier molecular flexibility index (Phi) is 4.75. The zero-order chi connectivity index (χ0) is 18.8. The molecule has 1 atom stereocenters. The van der Waals surface area contributed by atoms with Crippen LogP contribution >= 0.6 is 0 Å². The van der Waals surface area contributed by atoms with Gasteiger partial charge in [-0.3, -0.25) is 14.4 Å². The fourth-order valence-corrected chi connectivity index (χ4v) is 3.14. The van der Waals surface area contributed by atoms with Gasteiger partial charge >= 0.3 is 0 Å². The molecule has 2 aromatic rings. The third kappa shape index (κ3) is 3.06. The Morgan fingerprint density at radius 1 is 1.31 bits per heavy atom. The Bertz CT molecular complexity index is 945. The Labute approximate surface area is 151 Å². The van der Waals surface area contributed by atoms with E-state index in [9.17, 15) is 14.4 Å². The molecule has 0 saturated carbocycles. The largest absolute Gasteiger partial charge is 0.482 e. The van der Waals surface area contributed by atoms with Gasteiger partial charge in [0.2, 0.25) is 0 Å². The minimum absolute atomic E-state index is 0.0386. The van der Waals surface area contributed by atoms with Crippen LogP contribution in [-0.4, -0.2) is 29.4 Å². The summed E-state index contributed by atoms with van der Waals surface area (Å²) in [6, 6.07) is 9.20. The van der Waals surface area contributed by atoms with Gasteiger partial charge in [0.05, 0.1) is 11.7 Å². The third-order valence-corrected chi connectivity index (χ3v) is 4.46. The maximum absolute atomic E-state index is 13.0. The van der Waals surface area contributed by atoms with Gasteiger partial charge in [-0.2, -0.15) is 0 Å². The number of ketones is 1. The zero-order valence-electron chi connectivity index (χ0n) is 14.8. The first-order valence-corrected chi connectivity index (χ1v) is 8.34. The van der Waals surface area contributed by atoms with Gasteiger partial charge in [0.25, 0.3) is 11.5 Å². The van der Waals surface area contributed by atoms with Crippen LogP contribution in [0.4, 0.5) is 5.69 Å². The molecule has 2 heterocycles. The number of carbonyl (C=O) groups excluding carboxylic acids is 2. The minimum Gasteiger partial charge on any atom is -0.482 e. The molecule has 134 valence electrons. The second kappa shape index (κ2) is 7.00. The van der Waals surface area contributed by atoms with Gasteiger partial charge in [0.15, 0.2) is 12.4 Å². The van der Waals surface area contributed by atoms with Crippen molar-refractivity contribution in [3.05, 3.63) is 70.7 Å². The summed E-state index contributed by atoms with van der Waals surface area (Å²) in [5.41, 5.74) is 1.44. The molecule has 6 nitrogen and oxygen atoms in total. The highest BCUT2D eigenvalue weighted by molar-refractivity contribution is 6.03. The number of hydrogen-bond acceptors (Lipinski definition) is 4. The number of rotatable bonds is 5. The monoisotopic (exact) mass is 352 g/mol. The van der Waals surface area contributed by atoms with E-state index in [0.29, 0.717) is 29.2 Å². The lowest BCUT2D eigenvalue weighted by atomic mass is 10.0. The standard InChI is InChI=1S/C20H20N2O4/c1-4-10-21-16-11-15(8-9-17(16)26-12-19(21)24)20(25)14(3)22-13(2)6-5-7-18(22)23/h4-9,11,14H,1,10,12H2,2-3H3. The van der Waals surface area contributed by atoms with E-state index in [-0.39, 0.29) is 23.9 Å². The number of hydrogen-bond donors (Lipinski definition) is 0. The molecule has 0 spiro atoms. The van der Waals surface area contributed by atoms with E-state index < -0.39 is 6.04 Å². The molecular formula is C20H20N2O4. The van der Waals surface area contributed by atoms with E-state index in [1.54, 1.807) is 50.3 Å². The van der Waals surface area contributed by atoms with Crippen molar-refractivity contribution in [1.29, 1.82) is 0 Å². The number of fused-ring (bicyclic) bond motifs is 1. The average Bonchev–Trinajstić information content (AvgIpc) is 2.63. The van der Waals surface area contributed by atoms with E-state index in [1.807, 2.05) is 0 Å². The van der Waals surface area contributed by atoms with Gasteiger partial charge in [-0.25, -0.2) is 0 Å². The predicted octanol–water partition coefficient (Wildman–Crippen LogP) is 2.51. The molecule has 3 rings (SSSR count). The second-order valence-corrected chi connectivity index (χ2v) is 6.18. The first-order chi connectivity index (χ1) is 12.4. The molecule has 0 radical (unpaired) electrons. The lowest BCUT2D eigenvalue weighted by molar-refractivity contribution is -0.121. The fraction of sp³-hybridized carbons (Fsp3) is 0.250. The van der Waals surface area contributed by atoms with Crippen LogP contribution in [0.2, 0.25) is 0 Å². The molecule has 1 aliphatic rings. The normalized spacial score (nSPS) is 14.4. The molecule has 1 aromatic carbocycles. The van der Waals surface area contributed by atoms with Gasteiger partial charge in [-0.15, -0.1) is 6.58 Å². The van der Waals surface area contributed by atoms with Gasteiger partial charge < -0.3 is 14.2 Å². The zero-order valence-corrected chi connectivity index (χ0v) is 14.8. The Morgan fingerprint density at radius 3 is 2.77 bits per heavy atom. The number of benzene rings is 1. The topological polar surface area (TPSA) is 68.6 Å². The molecule has 0 saturated heterocycles. The van der Waals surface area contributed by atoms with Gasteiger partial charge in [0, 0.05) is 23.9 Å². The quantitative estimate of drug-likeness (QED) is 0.612. The molecule has 0 N–H and O–H groups in total. The van der Waals surface area contributed by atoms with Crippen molar-refractivity contribution in [3.63, 3.8) is 0 Å². The van der Waals surface area contributed by atoms with Crippen LogP contribution in [-0.2, 0) is 4.79 Å². The molecule has 1 amide bonds. The number of ether oxygens (including phenoxy) is 1. The third-order valence-electron chi connectivity index (χ3n) is 4.46. The molecule has 1 unspecified atom stereocenters. The maximum Gasteiger partial charge on any atom is 0.265 e. The average molecular weight is 352 g/mol. The van der Waals surface area contributed by atoms with Crippen molar-refractivity contribution in [2.75, 3.05) is 18.1 Å². The smallest absolute Gasteiger partial charge is 0.265 e. The Hall–Kier alpha value is -3.15. The van der Waals surface area contributed by atoms with Crippen molar-refractivity contribution in [2.24, 2.45) is 0 Å². The lowest BCUT2D eigenvalue weighted by Crippen LogP contribution is -2.39. The van der Waals surface area contributed by atoms with Crippen LogP contribution in [0.3, 0.4) is 0 Å². The van der Waals surface area contributed by atoms with Crippen LogP contribution in [0.25, 0.3) is 0 Å². The summed E-state index contributed by atoms with van der Waals surface area (Å²) in [5.74, 6) is 0.148. The van der Waals surface area contributed by atoms with Gasteiger partial charge in [-0.05, 0) is 38.1 Å².